The van der Waals surface area contributed by atoms with Crippen molar-refractivity contribution in [3.8, 4) is 0 Å². The van der Waals surface area contributed by atoms with Gasteiger partial charge in [-0.2, -0.15) is 65.9 Å². The molecule has 0 amide bonds. The number of halogens is 15. The quantitative estimate of drug-likeness (QED) is 0.308. The third-order valence-corrected chi connectivity index (χ3v) is 2.50. The van der Waals surface area contributed by atoms with E-state index in [0.29, 0.717) is 0 Å². The Hall–Kier alpha value is -1.88. The number of alkyl halides is 14. The second-order valence-corrected chi connectivity index (χ2v) is 4.53. The molecular weight excluding hydrogens is 453 g/mol. The van der Waals surface area contributed by atoms with E-state index in [4.69, 9.17) is 0 Å². The third-order valence-electron chi connectivity index (χ3n) is 2.50. The maximum absolute atomic E-state index is 13.5. The molecule has 0 spiro atoms. The molecule has 0 N–H and O–H groups in total. The fourth-order valence-corrected chi connectivity index (χ4v) is 1.08. The Morgan fingerprint density at radius 2 is 1.14 bits per heavy atom. The highest BCUT2D eigenvalue weighted by molar-refractivity contribution is 5.85. The SMILES string of the molecule is C=C(F)C(=O)OC(F)C(F)(OC(F)(F)C(F)(F)C(F)(F)C(F)(F)F)C(F)(F)F. The first kappa shape index (κ1) is 26.1. The molecule has 0 fully saturated rings. The fraction of sp³-hybridized carbons (Fsp3) is 0.700. The first-order valence-electron chi connectivity index (χ1n) is 5.81. The lowest BCUT2D eigenvalue weighted by Crippen LogP contribution is -2.66. The van der Waals surface area contributed by atoms with Crippen molar-refractivity contribution >= 4 is 5.97 Å². The van der Waals surface area contributed by atoms with E-state index in [1.54, 1.807) is 4.74 Å². The van der Waals surface area contributed by atoms with E-state index in [2.05, 4.69) is 4.74 Å². The predicted octanol–water partition coefficient (Wildman–Crippen LogP) is 4.98. The maximum atomic E-state index is 13.5. The van der Waals surface area contributed by atoms with Gasteiger partial charge >= 0.3 is 48.5 Å². The number of hydrogen-bond donors (Lipinski definition) is 0. The second kappa shape index (κ2) is 7.18. The topological polar surface area (TPSA) is 35.5 Å². The molecule has 0 heterocycles. The fourth-order valence-electron chi connectivity index (χ4n) is 1.08. The van der Waals surface area contributed by atoms with E-state index in [9.17, 15) is 70.7 Å². The summed E-state index contributed by atoms with van der Waals surface area (Å²) in [6, 6.07) is 0. The molecule has 2 atom stereocenters. The standard InChI is InChI=1S/C10H3F15O3/c1-2(11)3(26)27-4(12)5(13,8(18,19)20)28-10(24,25)7(16,17)6(14,15)9(21,22)23/h4H,1H2. The van der Waals surface area contributed by atoms with E-state index in [-0.39, 0.29) is 0 Å². The Kier molecular flexibility index (Phi) is 6.70. The Balaban J connectivity index is 6.20. The van der Waals surface area contributed by atoms with E-state index in [1.807, 2.05) is 6.58 Å². The van der Waals surface area contributed by atoms with Crippen molar-refractivity contribution in [3.63, 3.8) is 0 Å². The Bertz CT molecular complexity index is 606. The number of carbonyl (C=O) groups is 1. The van der Waals surface area contributed by atoms with E-state index in [1.165, 1.54) is 0 Å². The zero-order valence-corrected chi connectivity index (χ0v) is 12.2. The van der Waals surface area contributed by atoms with Crippen LogP contribution in [0.3, 0.4) is 0 Å². The molecule has 0 aromatic rings. The lowest BCUT2D eigenvalue weighted by Gasteiger charge is -2.37. The minimum absolute atomic E-state index is 1.62. The Morgan fingerprint density at radius 1 is 0.750 bits per heavy atom. The molecular formula is C10H3F15O3. The van der Waals surface area contributed by atoms with Crippen molar-refractivity contribution in [2.24, 2.45) is 0 Å². The summed E-state index contributed by atoms with van der Waals surface area (Å²) in [5.41, 5.74) is 0. The normalized spacial score (nSPS) is 17.7. The van der Waals surface area contributed by atoms with Gasteiger partial charge in [0.25, 0.3) is 0 Å². The second-order valence-electron chi connectivity index (χ2n) is 4.53. The highest BCUT2D eigenvalue weighted by Gasteiger charge is 2.85. The van der Waals surface area contributed by atoms with Crippen LogP contribution >= 0.6 is 0 Å². The van der Waals surface area contributed by atoms with Gasteiger partial charge < -0.3 is 4.74 Å². The molecule has 2 unspecified atom stereocenters. The van der Waals surface area contributed by atoms with Crippen LogP contribution in [0, 0.1) is 0 Å². The Labute approximate surface area is 142 Å². The maximum Gasteiger partial charge on any atom is 0.460 e. The van der Waals surface area contributed by atoms with E-state index >= 15 is 0 Å². The van der Waals surface area contributed by atoms with Crippen LogP contribution in [0.25, 0.3) is 0 Å². The molecule has 28 heavy (non-hydrogen) atoms. The molecule has 0 radical (unpaired) electrons. The van der Waals surface area contributed by atoms with Gasteiger partial charge in [-0.3, -0.25) is 4.74 Å². The highest BCUT2D eigenvalue weighted by Crippen LogP contribution is 2.56. The van der Waals surface area contributed by atoms with Crippen LogP contribution in [0.2, 0.25) is 0 Å². The van der Waals surface area contributed by atoms with Crippen molar-refractivity contribution in [1.29, 1.82) is 0 Å². The summed E-state index contributed by atoms with van der Waals surface area (Å²) in [5.74, 6) is -28.1. The summed E-state index contributed by atoms with van der Waals surface area (Å²) >= 11 is 0. The third kappa shape index (κ3) is 4.40. The van der Waals surface area contributed by atoms with Crippen LogP contribution in [0.1, 0.15) is 0 Å². The number of carbonyl (C=O) groups excluding carboxylic acids is 1. The van der Waals surface area contributed by atoms with Crippen LogP contribution in [-0.2, 0) is 14.3 Å². The molecule has 0 aliphatic rings. The van der Waals surface area contributed by atoms with Gasteiger partial charge in [-0.25, -0.2) is 4.79 Å². The molecule has 0 aromatic carbocycles. The summed E-state index contributed by atoms with van der Waals surface area (Å²) in [7, 11) is 0. The van der Waals surface area contributed by atoms with Crippen LogP contribution in [0.5, 0.6) is 0 Å². The Morgan fingerprint density at radius 3 is 1.43 bits per heavy atom. The lowest BCUT2D eigenvalue weighted by molar-refractivity contribution is -0.504. The van der Waals surface area contributed by atoms with E-state index < -0.39 is 54.3 Å². The molecule has 3 nitrogen and oxygen atoms in total. The number of hydrogen-bond acceptors (Lipinski definition) is 3. The molecule has 0 saturated carbocycles. The van der Waals surface area contributed by atoms with Crippen LogP contribution in [0.15, 0.2) is 12.4 Å². The van der Waals surface area contributed by atoms with Gasteiger partial charge in [-0.05, 0) is 0 Å². The smallest absolute Gasteiger partial charge is 0.419 e. The monoisotopic (exact) mass is 456 g/mol. The minimum Gasteiger partial charge on any atom is -0.419 e. The zero-order valence-electron chi connectivity index (χ0n) is 12.2. The average molecular weight is 456 g/mol. The highest BCUT2D eigenvalue weighted by atomic mass is 19.4. The minimum atomic E-state index is -7.94. The average Bonchev–Trinajstić information content (AvgIpc) is 2.43. The van der Waals surface area contributed by atoms with Gasteiger partial charge in [-0.1, -0.05) is 6.58 Å². The molecule has 0 aliphatic heterocycles. The van der Waals surface area contributed by atoms with Crippen molar-refractivity contribution in [2.75, 3.05) is 0 Å². The van der Waals surface area contributed by atoms with Gasteiger partial charge in [0.1, 0.15) is 0 Å². The molecule has 0 aromatic heterocycles. The van der Waals surface area contributed by atoms with Gasteiger partial charge in [0.2, 0.25) is 5.83 Å². The number of esters is 1. The summed E-state index contributed by atoms with van der Waals surface area (Å²) in [5, 5.41) is 0. The summed E-state index contributed by atoms with van der Waals surface area (Å²) in [6.45, 7) is 1.98. The van der Waals surface area contributed by atoms with Gasteiger partial charge in [-0.15, -0.1) is 0 Å². The van der Waals surface area contributed by atoms with Crippen molar-refractivity contribution < 1.29 is 80.1 Å². The molecule has 0 bridgehead atoms. The van der Waals surface area contributed by atoms with Crippen molar-refractivity contribution in [2.45, 2.75) is 42.5 Å². The summed E-state index contributed by atoms with van der Waals surface area (Å²) in [6.07, 6.45) is -27.8. The summed E-state index contributed by atoms with van der Waals surface area (Å²) < 4.78 is 193. The van der Waals surface area contributed by atoms with Crippen LogP contribution < -0.4 is 0 Å². The van der Waals surface area contributed by atoms with E-state index in [0.717, 1.165) is 0 Å². The molecule has 0 aliphatic carbocycles. The molecule has 0 saturated heterocycles. The first-order valence-corrected chi connectivity index (χ1v) is 5.81. The molecule has 18 heteroatoms. The van der Waals surface area contributed by atoms with Crippen molar-refractivity contribution in [3.05, 3.63) is 12.4 Å². The number of rotatable bonds is 7. The molecule has 0 rings (SSSR count). The largest absolute Gasteiger partial charge is 0.460 e. The predicted molar refractivity (Wildman–Crippen MR) is 53.1 cm³/mol. The number of ether oxygens (including phenoxy) is 2. The summed E-state index contributed by atoms with van der Waals surface area (Å²) in [4.78, 5) is 10.4. The van der Waals surface area contributed by atoms with Crippen LogP contribution in [0.4, 0.5) is 65.9 Å². The van der Waals surface area contributed by atoms with Crippen molar-refractivity contribution in [1.82, 2.24) is 0 Å². The first-order chi connectivity index (χ1) is 12.0. The van der Waals surface area contributed by atoms with Gasteiger partial charge in [0.05, 0.1) is 0 Å². The van der Waals surface area contributed by atoms with Crippen LogP contribution in [-0.4, -0.2) is 48.5 Å². The van der Waals surface area contributed by atoms with Gasteiger partial charge in [0, 0.05) is 0 Å². The lowest BCUT2D eigenvalue weighted by atomic mass is 10.1. The van der Waals surface area contributed by atoms with Gasteiger partial charge in [0.15, 0.2) is 0 Å². The zero-order chi connectivity index (χ0) is 23.1. The molecule has 166 valence electrons.